The highest BCUT2D eigenvalue weighted by Crippen LogP contribution is 2.26. The zero-order valence-corrected chi connectivity index (χ0v) is 16.0. The second kappa shape index (κ2) is 7.84. The molecule has 1 aliphatic rings. The molecule has 0 spiro atoms. The molecule has 3 N–H and O–H groups in total. The van der Waals surface area contributed by atoms with Crippen LogP contribution in [0.15, 0.2) is 24.3 Å². The number of carbonyl (C=O) groups is 2. The van der Waals surface area contributed by atoms with E-state index >= 15 is 0 Å². The lowest BCUT2D eigenvalue weighted by Crippen LogP contribution is -3.15. The number of hydrogen-bond donors (Lipinski definition) is 3. The van der Waals surface area contributed by atoms with Gasteiger partial charge in [-0.3, -0.25) is 4.79 Å². The van der Waals surface area contributed by atoms with E-state index in [1.54, 1.807) is 19.9 Å². The van der Waals surface area contributed by atoms with Crippen molar-refractivity contribution in [1.82, 2.24) is 4.98 Å². The molecule has 27 heavy (non-hydrogen) atoms. The number of piperazine rings is 1. The molecular formula is C20H26N3O4+. The number of anilines is 1. The predicted molar refractivity (Wildman–Crippen MR) is 102 cm³/mol. The van der Waals surface area contributed by atoms with Crippen LogP contribution in [0.2, 0.25) is 0 Å². The van der Waals surface area contributed by atoms with Crippen LogP contribution < -0.4 is 9.80 Å². The highest BCUT2D eigenvalue weighted by molar-refractivity contribution is 6.01. The Morgan fingerprint density at radius 1 is 1.22 bits per heavy atom. The molecule has 1 saturated heterocycles. The first kappa shape index (κ1) is 19.0. The van der Waals surface area contributed by atoms with Gasteiger partial charge in [-0.05, 0) is 31.5 Å². The van der Waals surface area contributed by atoms with Crippen molar-refractivity contribution in [1.29, 1.82) is 0 Å². The minimum Gasteiger partial charge on any atom is -0.506 e. The van der Waals surface area contributed by atoms with Crippen molar-refractivity contribution in [3.63, 3.8) is 0 Å². The Labute approximate surface area is 158 Å². The standard InChI is InChI=1S/C20H25N3O4/c1-13-18(20(26)27-3)14(2)21-19(13)17(25)12-22-8-10-23(11-9-22)15-6-4-5-7-16(15)24/h4-7,21,24H,8-12H2,1-3H3/p+1. The number of ether oxygens (including phenoxy) is 1. The van der Waals surface area contributed by atoms with Crippen LogP contribution in [0.25, 0.3) is 0 Å². The minimum absolute atomic E-state index is 0.00300. The fourth-order valence-electron chi connectivity index (χ4n) is 3.72. The molecule has 0 unspecified atom stereocenters. The molecule has 0 aliphatic carbocycles. The van der Waals surface area contributed by atoms with Crippen molar-refractivity contribution in [3.05, 3.63) is 46.8 Å². The lowest BCUT2D eigenvalue weighted by Gasteiger charge is -2.33. The molecule has 1 fully saturated rings. The Morgan fingerprint density at radius 3 is 2.52 bits per heavy atom. The summed E-state index contributed by atoms with van der Waals surface area (Å²) in [6, 6.07) is 7.31. The Morgan fingerprint density at radius 2 is 1.89 bits per heavy atom. The van der Waals surface area contributed by atoms with E-state index < -0.39 is 5.97 Å². The Kier molecular flexibility index (Phi) is 5.51. The van der Waals surface area contributed by atoms with Gasteiger partial charge < -0.3 is 24.6 Å². The number of quaternary nitrogens is 1. The van der Waals surface area contributed by atoms with E-state index in [1.807, 2.05) is 18.2 Å². The molecular weight excluding hydrogens is 346 g/mol. The lowest BCUT2D eigenvalue weighted by atomic mass is 10.1. The van der Waals surface area contributed by atoms with E-state index in [4.69, 9.17) is 4.74 Å². The Bertz CT molecular complexity index is 851. The van der Waals surface area contributed by atoms with Gasteiger partial charge in [0.25, 0.3) is 0 Å². The fourth-order valence-corrected chi connectivity index (χ4v) is 3.72. The average molecular weight is 372 g/mol. The van der Waals surface area contributed by atoms with E-state index in [0.717, 1.165) is 31.9 Å². The van der Waals surface area contributed by atoms with Gasteiger partial charge in [0.05, 0.1) is 50.2 Å². The van der Waals surface area contributed by atoms with Gasteiger partial charge in [-0.1, -0.05) is 12.1 Å². The Hall–Kier alpha value is -2.80. The third-order valence-corrected chi connectivity index (χ3v) is 5.21. The molecule has 2 heterocycles. The highest BCUT2D eigenvalue weighted by atomic mass is 16.5. The van der Waals surface area contributed by atoms with Crippen LogP contribution in [0.4, 0.5) is 5.69 Å². The van der Waals surface area contributed by atoms with Crippen molar-refractivity contribution < 1.29 is 24.3 Å². The van der Waals surface area contributed by atoms with Crippen LogP contribution >= 0.6 is 0 Å². The summed E-state index contributed by atoms with van der Waals surface area (Å²) >= 11 is 0. The van der Waals surface area contributed by atoms with Gasteiger partial charge in [-0.2, -0.15) is 0 Å². The predicted octanol–water partition coefficient (Wildman–Crippen LogP) is 0.712. The number of Topliss-reactive ketones (excluding diaryl/α,β-unsaturated/α-hetero) is 1. The van der Waals surface area contributed by atoms with Crippen LogP contribution in [0.5, 0.6) is 5.75 Å². The molecule has 1 aliphatic heterocycles. The number of para-hydroxylation sites is 2. The van der Waals surface area contributed by atoms with Crippen molar-refractivity contribution >= 4 is 17.4 Å². The largest absolute Gasteiger partial charge is 0.506 e. The van der Waals surface area contributed by atoms with E-state index in [0.29, 0.717) is 29.1 Å². The number of esters is 1. The van der Waals surface area contributed by atoms with E-state index in [1.165, 1.54) is 12.0 Å². The molecule has 0 saturated carbocycles. The summed E-state index contributed by atoms with van der Waals surface area (Å²) in [5, 5.41) is 10.0. The number of benzene rings is 1. The maximum Gasteiger partial charge on any atom is 0.339 e. The van der Waals surface area contributed by atoms with Gasteiger partial charge in [0.1, 0.15) is 12.3 Å². The number of aromatic nitrogens is 1. The molecule has 0 radical (unpaired) electrons. The molecule has 0 bridgehead atoms. The minimum atomic E-state index is -0.427. The van der Waals surface area contributed by atoms with Crippen molar-refractivity contribution in [2.75, 3.05) is 44.7 Å². The molecule has 0 atom stereocenters. The van der Waals surface area contributed by atoms with Crippen LogP contribution in [0, 0.1) is 13.8 Å². The number of phenols is 1. The number of phenolic OH excluding ortho intramolecular Hbond substituents is 1. The zero-order valence-electron chi connectivity index (χ0n) is 16.0. The first-order chi connectivity index (χ1) is 12.9. The van der Waals surface area contributed by atoms with E-state index in [2.05, 4.69) is 9.88 Å². The molecule has 2 aromatic rings. The summed E-state index contributed by atoms with van der Waals surface area (Å²) in [5.41, 5.74) is 3.07. The molecule has 1 aromatic heterocycles. The highest BCUT2D eigenvalue weighted by Gasteiger charge is 2.27. The molecule has 0 amide bonds. The number of aromatic amines is 1. The van der Waals surface area contributed by atoms with Gasteiger partial charge in [0, 0.05) is 5.69 Å². The van der Waals surface area contributed by atoms with E-state index in [9.17, 15) is 14.7 Å². The molecule has 144 valence electrons. The van der Waals surface area contributed by atoms with Crippen LogP contribution in [0.1, 0.15) is 32.1 Å². The molecule has 7 heteroatoms. The van der Waals surface area contributed by atoms with E-state index in [-0.39, 0.29) is 11.5 Å². The van der Waals surface area contributed by atoms with Crippen LogP contribution in [-0.4, -0.2) is 61.7 Å². The first-order valence-electron chi connectivity index (χ1n) is 9.09. The first-order valence-corrected chi connectivity index (χ1v) is 9.09. The number of ketones is 1. The normalized spacial score (nSPS) is 15.0. The van der Waals surface area contributed by atoms with Crippen molar-refractivity contribution in [2.24, 2.45) is 0 Å². The second-order valence-corrected chi connectivity index (χ2v) is 6.94. The third kappa shape index (κ3) is 3.83. The summed E-state index contributed by atoms with van der Waals surface area (Å²) in [4.78, 5) is 31.0. The lowest BCUT2D eigenvalue weighted by molar-refractivity contribution is -0.892. The van der Waals surface area contributed by atoms with Crippen molar-refractivity contribution in [3.8, 4) is 5.75 Å². The number of carbonyl (C=O) groups excluding carboxylic acids is 2. The Balaban J connectivity index is 1.64. The van der Waals surface area contributed by atoms with Crippen molar-refractivity contribution in [2.45, 2.75) is 13.8 Å². The summed E-state index contributed by atoms with van der Waals surface area (Å²) in [5.74, 6) is -0.148. The third-order valence-electron chi connectivity index (χ3n) is 5.21. The molecule has 3 rings (SSSR count). The van der Waals surface area contributed by atoms with Gasteiger partial charge in [0.2, 0.25) is 5.78 Å². The quantitative estimate of drug-likeness (QED) is 0.532. The van der Waals surface area contributed by atoms with Gasteiger partial charge in [-0.25, -0.2) is 4.79 Å². The monoisotopic (exact) mass is 372 g/mol. The smallest absolute Gasteiger partial charge is 0.339 e. The number of nitrogens with zero attached hydrogens (tertiary/aromatic N) is 1. The number of aromatic hydroxyl groups is 1. The molecule has 1 aromatic carbocycles. The number of H-pyrrole nitrogens is 1. The molecule has 7 nitrogen and oxygen atoms in total. The summed E-state index contributed by atoms with van der Waals surface area (Å²) in [6.07, 6.45) is 0. The summed E-state index contributed by atoms with van der Waals surface area (Å²) in [7, 11) is 1.34. The topological polar surface area (TPSA) is 87.1 Å². The van der Waals surface area contributed by atoms with Gasteiger partial charge in [0.15, 0.2) is 0 Å². The van der Waals surface area contributed by atoms with Gasteiger partial charge in [-0.15, -0.1) is 0 Å². The number of aryl methyl sites for hydroxylation is 1. The fraction of sp³-hybridized carbons (Fsp3) is 0.400. The summed E-state index contributed by atoms with van der Waals surface area (Å²) < 4.78 is 4.80. The number of nitrogens with one attached hydrogen (secondary N) is 2. The number of methoxy groups -OCH3 is 1. The number of rotatable bonds is 5. The van der Waals surface area contributed by atoms with Gasteiger partial charge >= 0.3 is 5.97 Å². The summed E-state index contributed by atoms with van der Waals surface area (Å²) in [6.45, 7) is 7.08. The number of hydrogen-bond acceptors (Lipinski definition) is 5. The average Bonchev–Trinajstić information content (AvgIpc) is 2.97. The SMILES string of the molecule is COC(=O)c1c(C)[nH]c(C(=O)C[NH+]2CCN(c3ccccc3O)CC2)c1C. The second-order valence-electron chi connectivity index (χ2n) is 6.94. The zero-order chi connectivity index (χ0) is 19.6. The maximum absolute atomic E-state index is 12.8. The van der Waals surface area contributed by atoms with Crippen LogP contribution in [-0.2, 0) is 4.74 Å². The maximum atomic E-state index is 12.8. The van der Waals surface area contributed by atoms with Crippen LogP contribution in [0.3, 0.4) is 0 Å².